The zero-order chi connectivity index (χ0) is 33.3. The summed E-state index contributed by atoms with van der Waals surface area (Å²) in [6, 6.07) is 13.6. The molecule has 2 aromatic rings. The van der Waals surface area contributed by atoms with Gasteiger partial charge in [-0.15, -0.1) is 0 Å². The molecule has 13 heteroatoms. The number of ether oxygens (including phenoxy) is 1. The lowest BCUT2D eigenvalue weighted by atomic mass is 10.0. The number of nitrogens with two attached hydrogens (primary N) is 2. The fraction of sp³-hybridized carbons (Fsp3) is 0.441. The first-order chi connectivity index (χ1) is 22.9. The third-order valence-electron chi connectivity index (χ3n) is 9.14. The van der Waals surface area contributed by atoms with Gasteiger partial charge < -0.3 is 31.0 Å². The number of aliphatic imine (C=N–C) groups is 1. The topological polar surface area (TPSA) is 161 Å². The van der Waals surface area contributed by atoms with Crippen molar-refractivity contribution in [2.45, 2.75) is 38.3 Å². The number of carbonyl (C=O) groups excluding carboxylic acids is 1. The average molecular weight is 643 g/mol. The van der Waals surface area contributed by atoms with Crippen molar-refractivity contribution >= 4 is 28.8 Å². The highest BCUT2D eigenvalue weighted by atomic mass is 16.7. The van der Waals surface area contributed by atoms with E-state index in [0.29, 0.717) is 47.6 Å². The standard InChI is InChI=1S/C34H46N10O3/c1-4-34(45)39-27-20-28(31(46-3)21-30(27)43-12-9-26(10-13-43)42-16-14-41(5-2)15-17-42)38-32(36)22-33(40-37)44-29(11-18-47-44)25-8-6-7-24(19-25)23-35/h4,6-8,19-22,26,29,40H,1,5,9-18,37H2,2-3H3,(H2,36,38)(H,39,45)/b33-22+/t29-/m1/s1. The van der Waals surface area contributed by atoms with Crippen molar-refractivity contribution in [3.63, 3.8) is 0 Å². The lowest BCUT2D eigenvalue weighted by Gasteiger charge is -2.43. The number of piperidine rings is 1. The summed E-state index contributed by atoms with van der Waals surface area (Å²) in [5.41, 5.74) is 12.5. The Morgan fingerprint density at radius 1 is 1.17 bits per heavy atom. The first-order valence-electron chi connectivity index (χ1n) is 16.2. The number of likely N-dealkylation sites (N-methyl/N-ethyl adjacent to an activating group) is 1. The van der Waals surface area contributed by atoms with Crippen LogP contribution in [-0.4, -0.2) is 92.2 Å². The third kappa shape index (κ3) is 8.04. The maximum atomic E-state index is 12.5. The number of hydrogen-bond donors (Lipinski definition) is 4. The summed E-state index contributed by atoms with van der Waals surface area (Å²) < 4.78 is 5.77. The van der Waals surface area contributed by atoms with Gasteiger partial charge in [0.15, 0.2) is 0 Å². The van der Waals surface area contributed by atoms with Gasteiger partial charge in [-0.2, -0.15) is 5.26 Å². The predicted molar refractivity (Wildman–Crippen MR) is 184 cm³/mol. The zero-order valence-corrected chi connectivity index (χ0v) is 27.3. The number of nitrogens with one attached hydrogen (secondary N) is 2. The number of carbonyl (C=O) groups is 1. The molecule has 0 radical (unpaired) electrons. The number of methoxy groups -OCH3 is 1. The molecule has 3 aliphatic rings. The highest BCUT2D eigenvalue weighted by Gasteiger charge is 2.31. The summed E-state index contributed by atoms with van der Waals surface area (Å²) in [6.07, 6.45) is 5.59. The third-order valence-corrected chi connectivity index (χ3v) is 9.14. The van der Waals surface area contributed by atoms with Crippen LogP contribution >= 0.6 is 0 Å². The number of anilines is 2. The van der Waals surface area contributed by atoms with Gasteiger partial charge in [0.2, 0.25) is 5.91 Å². The molecular weight excluding hydrogens is 596 g/mol. The molecule has 0 unspecified atom stereocenters. The Labute approximate surface area is 277 Å². The van der Waals surface area contributed by atoms with Gasteiger partial charge in [-0.3, -0.25) is 14.5 Å². The van der Waals surface area contributed by atoms with Crippen LogP contribution in [0, 0.1) is 11.3 Å². The van der Waals surface area contributed by atoms with Gasteiger partial charge in [-0.25, -0.2) is 15.9 Å². The van der Waals surface area contributed by atoms with Crippen molar-refractivity contribution < 1.29 is 14.4 Å². The lowest BCUT2D eigenvalue weighted by molar-refractivity contribution is -0.111. The summed E-state index contributed by atoms with van der Waals surface area (Å²) in [6.45, 7) is 13.6. The number of amides is 1. The van der Waals surface area contributed by atoms with E-state index in [0.717, 1.165) is 69.9 Å². The van der Waals surface area contributed by atoms with Crippen molar-refractivity contribution in [2.75, 3.05) is 69.7 Å². The number of hydrogen-bond acceptors (Lipinski definition) is 11. The second-order valence-electron chi connectivity index (χ2n) is 11.8. The molecule has 0 aromatic heterocycles. The fourth-order valence-corrected chi connectivity index (χ4v) is 6.58. The van der Waals surface area contributed by atoms with Crippen molar-refractivity contribution in [3.8, 4) is 11.8 Å². The van der Waals surface area contributed by atoms with Crippen LogP contribution in [-0.2, 0) is 9.63 Å². The highest BCUT2D eigenvalue weighted by Crippen LogP contribution is 2.40. The minimum Gasteiger partial charge on any atom is -0.494 e. The van der Waals surface area contributed by atoms with E-state index in [1.54, 1.807) is 30.4 Å². The number of hydroxylamine groups is 2. The fourth-order valence-electron chi connectivity index (χ4n) is 6.58. The molecule has 1 amide bonds. The Bertz CT molecular complexity index is 1520. The summed E-state index contributed by atoms with van der Waals surface area (Å²) in [7, 11) is 1.58. The lowest BCUT2D eigenvalue weighted by Crippen LogP contribution is -2.53. The van der Waals surface area contributed by atoms with Crippen LogP contribution in [0.5, 0.6) is 5.75 Å². The molecule has 6 N–H and O–H groups in total. The molecule has 3 heterocycles. The van der Waals surface area contributed by atoms with Crippen molar-refractivity contribution in [3.05, 3.63) is 72.1 Å². The molecule has 47 heavy (non-hydrogen) atoms. The van der Waals surface area contributed by atoms with E-state index < -0.39 is 0 Å². The Balaban J connectivity index is 1.37. The Kier molecular flexibility index (Phi) is 11.3. The van der Waals surface area contributed by atoms with Crippen LogP contribution < -0.4 is 32.0 Å². The van der Waals surface area contributed by atoms with E-state index >= 15 is 0 Å². The van der Waals surface area contributed by atoms with Gasteiger partial charge >= 0.3 is 0 Å². The van der Waals surface area contributed by atoms with E-state index in [-0.39, 0.29) is 17.8 Å². The van der Waals surface area contributed by atoms with Gasteiger partial charge in [0.1, 0.15) is 23.1 Å². The largest absolute Gasteiger partial charge is 0.494 e. The van der Waals surface area contributed by atoms with Crippen molar-refractivity contribution in [2.24, 2.45) is 16.6 Å². The maximum absolute atomic E-state index is 12.5. The Morgan fingerprint density at radius 2 is 1.94 bits per heavy atom. The molecule has 2 aromatic carbocycles. The quantitative estimate of drug-likeness (QED) is 0.0938. The van der Waals surface area contributed by atoms with E-state index in [9.17, 15) is 10.1 Å². The summed E-state index contributed by atoms with van der Waals surface area (Å²) in [4.78, 5) is 30.5. The van der Waals surface area contributed by atoms with Crippen LogP contribution in [0.25, 0.3) is 0 Å². The summed E-state index contributed by atoms with van der Waals surface area (Å²) in [5, 5.41) is 14.0. The van der Waals surface area contributed by atoms with E-state index in [4.69, 9.17) is 21.2 Å². The monoisotopic (exact) mass is 642 g/mol. The molecule has 0 aliphatic carbocycles. The number of piperazine rings is 1. The van der Waals surface area contributed by atoms with E-state index in [1.165, 1.54) is 6.08 Å². The SMILES string of the molecule is C=CC(=O)Nc1cc(N=C(N)/C=C(\NN)N2OCC[C@@H]2c2cccc(C#N)c2)c(OC)cc1N1CCC(N2CCN(CC)CC2)CC1. The maximum Gasteiger partial charge on any atom is 0.247 e. The van der Waals surface area contributed by atoms with Crippen molar-refractivity contribution in [1.29, 1.82) is 5.26 Å². The van der Waals surface area contributed by atoms with Crippen LogP contribution in [0.4, 0.5) is 17.1 Å². The molecule has 1 atom stereocenters. The zero-order valence-electron chi connectivity index (χ0n) is 27.3. The molecule has 0 saturated carbocycles. The second-order valence-corrected chi connectivity index (χ2v) is 11.8. The molecule has 3 aliphatic heterocycles. The van der Waals surface area contributed by atoms with Gasteiger partial charge in [0.25, 0.3) is 0 Å². The van der Waals surface area contributed by atoms with Crippen LogP contribution in [0.15, 0.2) is 65.9 Å². The molecule has 5 rings (SSSR count). The van der Waals surface area contributed by atoms with Gasteiger partial charge in [0.05, 0.1) is 42.8 Å². The number of rotatable bonds is 11. The Hall–Kier alpha value is -4.61. The smallest absolute Gasteiger partial charge is 0.247 e. The molecule has 13 nitrogen and oxygen atoms in total. The molecule has 3 saturated heterocycles. The van der Waals surface area contributed by atoms with Gasteiger partial charge in [-0.05, 0) is 49.2 Å². The van der Waals surface area contributed by atoms with Crippen LogP contribution in [0.2, 0.25) is 0 Å². The van der Waals surface area contributed by atoms with Gasteiger partial charge in [0, 0.05) is 63.9 Å². The minimum atomic E-state index is -0.324. The van der Waals surface area contributed by atoms with Gasteiger partial charge in [-0.1, -0.05) is 25.6 Å². The molecule has 250 valence electrons. The van der Waals surface area contributed by atoms with E-state index in [1.807, 2.05) is 24.3 Å². The second kappa shape index (κ2) is 15.8. The summed E-state index contributed by atoms with van der Waals surface area (Å²) in [5.74, 6) is 6.63. The molecule has 0 bridgehead atoms. The highest BCUT2D eigenvalue weighted by molar-refractivity contribution is 6.02. The van der Waals surface area contributed by atoms with Crippen molar-refractivity contribution in [1.82, 2.24) is 20.3 Å². The number of nitrogens with zero attached hydrogens (tertiary/aromatic N) is 6. The predicted octanol–water partition coefficient (Wildman–Crippen LogP) is 2.97. The van der Waals surface area contributed by atoms with Crippen LogP contribution in [0.1, 0.15) is 43.4 Å². The number of hydrazine groups is 1. The van der Waals surface area contributed by atoms with E-state index in [2.05, 4.69) is 50.0 Å². The number of nitriles is 1. The number of amidine groups is 1. The first-order valence-corrected chi connectivity index (χ1v) is 16.2. The first kappa shape index (κ1) is 33.7. The molecule has 0 spiro atoms. The summed E-state index contributed by atoms with van der Waals surface area (Å²) >= 11 is 0. The number of benzene rings is 2. The van der Waals surface area contributed by atoms with Crippen LogP contribution in [0.3, 0.4) is 0 Å². The normalized spacial score (nSPS) is 20.2. The molecular formula is C34H46N10O3. The average Bonchev–Trinajstić information content (AvgIpc) is 3.61. The Morgan fingerprint density at radius 3 is 2.60 bits per heavy atom. The molecule has 3 fully saturated rings. The minimum absolute atomic E-state index is 0.133.